The van der Waals surface area contributed by atoms with Crippen LogP contribution < -0.4 is 24.4 Å². The van der Waals surface area contributed by atoms with Crippen LogP contribution in [-0.4, -0.2) is 38.9 Å². The standard InChI is InChI=1S/C26H26N2O6/c1-17-8-10-22(12-18(17)2)33-16-25(29)28-27-15-19-9-11-23(24(13-19)32-4)34-26(30)20-6-5-7-21(14-20)31-3/h5-15H,16H2,1-4H3,(H,28,29). The predicted molar refractivity (Wildman–Crippen MR) is 128 cm³/mol. The first-order chi connectivity index (χ1) is 16.4. The third kappa shape index (κ3) is 6.59. The van der Waals surface area contributed by atoms with E-state index in [4.69, 9.17) is 18.9 Å². The maximum atomic E-state index is 12.5. The quantitative estimate of drug-likeness (QED) is 0.223. The number of rotatable bonds is 9. The van der Waals surface area contributed by atoms with Crippen LogP contribution in [0.15, 0.2) is 65.8 Å². The average molecular weight is 463 g/mol. The van der Waals surface area contributed by atoms with Gasteiger partial charge in [-0.2, -0.15) is 5.10 Å². The highest BCUT2D eigenvalue weighted by Gasteiger charge is 2.13. The second-order valence-corrected chi connectivity index (χ2v) is 7.36. The van der Waals surface area contributed by atoms with Gasteiger partial charge in [0.1, 0.15) is 11.5 Å². The van der Waals surface area contributed by atoms with Gasteiger partial charge >= 0.3 is 5.97 Å². The Labute approximate surface area is 198 Å². The van der Waals surface area contributed by atoms with Crippen LogP contribution in [0.25, 0.3) is 0 Å². The van der Waals surface area contributed by atoms with E-state index in [1.54, 1.807) is 42.5 Å². The van der Waals surface area contributed by atoms with Crippen molar-refractivity contribution >= 4 is 18.1 Å². The molecule has 0 heterocycles. The van der Waals surface area contributed by atoms with Gasteiger partial charge in [-0.1, -0.05) is 12.1 Å². The summed E-state index contributed by atoms with van der Waals surface area (Å²) in [4.78, 5) is 24.5. The number of carbonyl (C=O) groups excluding carboxylic acids is 2. The molecule has 34 heavy (non-hydrogen) atoms. The van der Waals surface area contributed by atoms with E-state index in [0.717, 1.165) is 11.1 Å². The lowest BCUT2D eigenvalue weighted by molar-refractivity contribution is -0.123. The number of carbonyl (C=O) groups is 2. The fourth-order valence-electron chi connectivity index (χ4n) is 2.92. The van der Waals surface area contributed by atoms with E-state index in [1.165, 1.54) is 20.4 Å². The summed E-state index contributed by atoms with van der Waals surface area (Å²) in [6.07, 6.45) is 1.45. The molecule has 8 nitrogen and oxygen atoms in total. The van der Waals surface area contributed by atoms with Crippen molar-refractivity contribution in [3.05, 3.63) is 82.9 Å². The van der Waals surface area contributed by atoms with Crippen LogP contribution in [0.5, 0.6) is 23.0 Å². The molecule has 0 saturated carbocycles. The minimum atomic E-state index is -0.547. The third-order valence-corrected chi connectivity index (χ3v) is 4.95. The van der Waals surface area contributed by atoms with Gasteiger partial charge in [0.15, 0.2) is 18.1 Å². The molecule has 0 aliphatic rings. The second kappa shape index (κ2) is 11.5. The lowest BCUT2D eigenvalue weighted by Gasteiger charge is -2.10. The first kappa shape index (κ1) is 24.3. The molecule has 1 amide bonds. The van der Waals surface area contributed by atoms with Gasteiger partial charge in [0, 0.05) is 0 Å². The van der Waals surface area contributed by atoms with Crippen LogP contribution in [0.1, 0.15) is 27.0 Å². The summed E-state index contributed by atoms with van der Waals surface area (Å²) in [7, 11) is 2.99. The molecule has 0 aliphatic heterocycles. The van der Waals surface area contributed by atoms with E-state index in [1.807, 2.05) is 32.0 Å². The third-order valence-electron chi connectivity index (χ3n) is 4.95. The maximum Gasteiger partial charge on any atom is 0.343 e. The lowest BCUT2D eigenvalue weighted by Crippen LogP contribution is -2.24. The summed E-state index contributed by atoms with van der Waals surface area (Å²) in [6, 6.07) is 17.2. The Morgan fingerprint density at radius 3 is 2.44 bits per heavy atom. The van der Waals surface area contributed by atoms with Crippen LogP contribution in [0.2, 0.25) is 0 Å². The topological polar surface area (TPSA) is 95.5 Å². The molecule has 3 aromatic carbocycles. The molecule has 1 N–H and O–H groups in total. The molecule has 0 fully saturated rings. The van der Waals surface area contributed by atoms with E-state index >= 15 is 0 Å². The Kier molecular flexibility index (Phi) is 8.23. The molecule has 0 aromatic heterocycles. The number of hydrazone groups is 1. The molecular weight excluding hydrogens is 436 g/mol. The van der Waals surface area contributed by atoms with Crippen molar-refractivity contribution in [2.75, 3.05) is 20.8 Å². The Bertz CT molecular complexity index is 1210. The van der Waals surface area contributed by atoms with Crippen molar-refractivity contribution in [1.82, 2.24) is 5.43 Å². The minimum absolute atomic E-state index is 0.164. The van der Waals surface area contributed by atoms with E-state index < -0.39 is 11.9 Å². The highest BCUT2D eigenvalue weighted by molar-refractivity contribution is 5.92. The number of benzene rings is 3. The van der Waals surface area contributed by atoms with E-state index in [0.29, 0.717) is 28.4 Å². The molecule has 0 unspecified atom stereocenters. The lowest BCUT2D eigenvalue weighted by atomic mass is 10.1. The highest BCUT2D eigenvalue weighted by atomic mass is 16.6. The zero-order valence-electron chi connectivity index (χ0n) is 19.5. The Balaban J connectivity index is 1.57. The number of hydrogen-bond donors (Lipinski definition) is 1. The van der Waals surface area contributed by atoms with Gasteiger partial charge in [-0.3, -0.25) is 4.79 Å². The summed E-state index contributed by atoms with van der Waals surface area (Å²) < 4.78 is 21.4. The number of esters is 1. The summed E-state index contributed by atoms with van der Waals surface area (Å²) in [5, 5.41) is 3.94. The minimum Gasteiger partial charge on any atom is -0.497 e. The second-order valence-electron chi connectivity index (χ2n) is 7.36. The number of amides is 1. The molecule has 8 heteroatoms. The van der Waals surface area contributed by atoms with Gasteiger partial charge in [-0.25, -0.2) is 10.2 Å². The predicted octanol–water partition coefficient (Wildman–Crippen LogP) is 4.07. The fraction of sp³-hybridized carbons (Fsp3) is 0.192. The van der Waals surface area contributed by atoms with Gasteiger partial charge in [-0.05, 0) is 79.1 Å². The first-order valence-corrected chi connectivity index (χ1v) is 10.5. The molecule has 0 atom stereocenters. The van der Waals surface area contributed by atoms with Crippen molar-refractivity contribution in [2.24, 2.45) is 5.10 Å². The summed E-state index contributed by atoms with van der Waals surface area (Å²) in [5.74, 6) is 0.809. The molecular formula is C26H26N2O6. The molecule has 0 bridgehead atoms. The van der Waals surface area contributed by atoms with Gasteiger partial charge in [0.25, 0.3) is 5.91 Å². The number of nitrogens with zero attached hydrogens (tertiary/aromatic N) is 1. The zero-order valence-corrected chi connectivity index (χ0v) is 19.5. The normalized spacial score (nSPS) is 10.6. The maximum absolute atomic E-state index is 12.5. The van der Waals surface area contributed by atoms with E-state index in [9.17, 15) is 9.59 Å². The largest absolute Gasteiger partial charge is 0.497 e. The van der Waals surface area contributed by atoms with Crippen LogP contribution in [-0.2, 0) is 4.79 Å². The van der Waals surface area contributed by atoms with Gasteiger partial charge in [-0.15, -0.1) is 0 Å². The Morgan fingerprint density at radius 2 is 1.71 bits per heavy atom. The molecule has 3 aromatic rings. The smallest absolute Gasteiger partial charge is 0.343 e. The van der Waals surface area contributed by atoms with E-state index in [2.05, 4.69) is 10.5 Å². The summed E-state index contributed by atoms with van der Waals surface area (Å²) in [6.45, 7) is 3.82. The number of ether oxygens (including phenoxy) is 4. The molecule has 0 spiro atoms. The van der Waals surface area contributed by atoms with Crippen LogP contribution in [0.3, 0.4) is 0 Å². The van der Waals surface area contributed by atoms with Gasteiger partial charge in [0.05, 0.1) is 26.0 Å². The number of methoxy groups -OCH3 is 2. The van der Waals surface area contributed by atoms with Crippen molar-refractivity contribution in [1.29, 1.82) is 0 Å². The van der Waals surface area contributed by atoms with Crippen LogP contribution in [0.4, 0.5) is 0 Å². The fourth-order valence-corrected chi connectivity index (χ4v) is 2.92. The van der Waals surface area contributed by atoms with Gasteiger partial charge in [0.2, 0.25) is 0 Å². The molecule has 0 radical (unpaired) electrons. The summed E-state index contributed by atoms with van der Waals surface area (Å²) >= 11 is 0. The SMILES string of the molecule is COc1cccc(C(=O)Oc2ccc(C=NNC(=O)COc3ccc(C)c(C)c3)cc2OC)c1. The number of aryl methyl sites for hydroxylation is 2. The van der Waals surface area contributed by atoms with Crippen LogP contribution in [0, 0.1) is 13.8 Å². The first-order valence-electron chi connectivity index (χ1n) is 10.5. The summed E-state index contributed by atoms with van der Waals surface area (Å²) in [5.41, 5.74) is 5.63. The molecule has 3 rings (SSSR count). The van der Waals surface area contributed by atoms with Crippen molar-refractivity contribution in [3.8, 4) is 23.0 Å². The monoisotopic (exact) mass is 462 g/mol. The molecule has 0 saturated heterocycles. The molecule has 176 valence electrons. The number of hydrogen-bond acceptors (Lipinski definition) is 7. The zero-order chi connectivity index (χ0) is 24.5. The Morgan fingerprint density at radius 1 is 0.882 bits per heavy atom. The van der Waals surface area contributed by atoms with Crippen molar-refractivity contribution in [3.63, 3.8) is 0 Å². The van der Waals surface area contributed by atoms with Crippen molar-refractivity contribution < 1.29 is 28.5 Å². The Hall–Kier alpha value is -4.33. The number of nitrogens with one attached hydrogen (secondary N) is 1. The van der Waals surface area contributed by atoms with Crippen LogP contribution >= 0.6 is 0 Å². The molecule has 0 aliphatic carbocycles. The average Bonchev–Trinajstić information content (AvgIpc) is 2.85. The highest BCUT2D eigenvalue weighted by Crippen LogP contribution is 2.28. The van der Waals surface area contributed by atoms with Gasteiger partial charge < -0.3 is 18.9 Å². The van der Waals surface area contributed by atoms with E-state index in [-0.39, 0.29) is 12.4 Å². The van der Waals surface area contributed by atoms with Crippen molar-refractivity contribution in [2.45, 2.75) is 13.8 Å².